The van der Waals surface area contributed by atoms with Crippen molar-refractivity contribution in [3.05, 3.63) is 0 Å². The van der Waals surface area contributed by atoms with Gasteiger partial charge in [0.05, 0.1) is 12.4 Å². The van der Waals surface area contributed by atoms with Gasteiger partial charge in [-0.2, -0.15) is 0 Å². The molecule has 0 radical (unpaired) electrons. The molecule has 3 amide bonds. The maximum absolute atomic E-state index is 11.3. The van der Waals surface area contributed by atoms with Crippen LogP contribution < -0.4 is 10.6 Å². The van der Waals surface area contributed by atoms with E-state index < -0.39 is 6.03 Å². The molecule has 0 aromatic heterocycles. The van der Waals surface area contributed by atoms with Crippen LogP contribution in [-0.2, 0) is 4.79 Å². The number of aliphatic hydroxyl groups excluding tert-OH is 1. The predicted molar refractivity (Wildman–Crippen MR) is 70.0 cm³/mol. The van der Waals surface area contributed by atoms with Gasteiger partial charge < -0.3 is 10.4 Å². The van der Waals surface area contributed by atoms with Crippen molar-refractivity contribution in [2.24, 2.45) is 5.92 Å². The molecular formula is C11H22N2O3S. The second-order valence-corrected chi connectivity index (χ2v) is 5.72. The summed E-state index contributed by atoms with van der Waals surface area (Å²) in [5.41, 5.74) is 0. The number of hydrogen-bond donors (Lipinski definition) is 3. The molecule has 0 saturated heterocycles. The molecule has 100 valence electrons. The van der Waals surface area contributed by atoms with Crippen LogP contribution >= 0.6 is 11.8 Å². The third-order valence-corrected chi connectivity index (χ3v) is 3.16. The highest BCUT2D eigenvalue weighted by atomic mass is 32.2. The van der Waals surface area contributed by atoms with Gasteiger partial charge in [-0.25, -0.2) is 4.79 Å². The summed E-state index contributed by atoms with van der Waals surface area (Å²) in [6, 6.07) is -0.451. The quantitative estimate of drug-likeness (QED) is 0.639. The van der Waals surface area contributed by atoms with E-state index >= 15 is 0 Å². The molecule has 0 fully saturated rings. The van der Waals surface area contributed by atoms with Crippen LogP contribution in [0.5, 0.6) is 0 Å². The van der Waals surface area contributed by atoms with Crippen LogP contribution in [0.4, 0.5) is 4.79 Å². The van der Waals surface area contributed by atoms with Crippen LogP contribution in [0.15, 0.2) is 0 Å². The van der Waals surface area contributed by atoms with E-state index in [0.717, 1.165) is 6.42 Å². The molecule has 0 aliphatic carbocycles. The first-order valence-electron chi connectivity index (χ1n) is 5.75. The molecule has 3 N–H and O–H groups in total. The molecule has 17 heavy (non-hydrogen) atoms. The summed E-state index contributed by atoms with van der Waals surface area (Å²) >= 11 is 1.31. The average Bonchev–Trinajstić information content (AvgIpc) is 2.25. The minimum Gasteiger partial charge on any atom is -0.395 e. The largest absolute Gasteiger partial charge is 0.395 e. The van der Waals surface area contributed by atoms with Crippen LogP contribution in [0.25, 0.3) is 0 Å². The van der Waals surface area contributed by atoms with E-state index in [2.05, 4.69) is 24.5 Å². The first-order valence-corrected chi connectivity index (χ1v) is 6.80. The summed E-state index contributed by atoms with van der Waals surface area (Å²) in [5, 5.41) is 13.6. The molecule has 0 rings (SSSR count). The molecule has 5 nitrogen and oxygen atoms in total. The molecule has 0 saturated carbocycles. The van der Waals surface area contributed by atoms with Gasteiger partial charge in [-0.05, 0) is 12.3 Å². The number of aliphatic hydroxyl groups is 1. The van der Waals surface area contributed by atoms with E-state index in [4.69, 9.17) is 5.11 Å². The maximum Gasteiger partial charge on any atom is 0.321 e. The number of urea groups is 1. The second kappa shape index (κ2) is 9.30. The third-order valence-electron chi connectivity index (χ3n) is 2.02. The lowest BCUT2D eigenvalue weighted by Gasteiger charge is -2.09. The lowest BCUT2D eigenvalue weighted by atomic mass is 10.1. The van der Waals surface area contributed by atoms with Crippen molar-refractivity contribution in [1.29, 1.82) is 0 Å². The smallest absolute Gasteiger partial charge is 0.321 e. The van der Waals surface area contributed by atoms with Crippen LogP contribution in [0.2, 0.25) is 0 Å². The van der Waals surface area contributed by atoms with Gasteiger partial charge in [0.2, 0.25) is 5.91 Å². The summed E-state index contributed by atoms with van der Waals surface area (Å²) in [5.74, 6) is 0.364. The Hall–Kier alpha value is -0.750. The van der Waals surface area contributed by atoms with Crippen molar-refractivity contribution < 1.29 is 14.7 Å². The van der Waals surface area contributed by atoms with Gasteiger partial charge >= 0.3 is 6.03 Å². The molecule has 1 unspecified atom stereocenters. The second-order valence-electron chi connectivity index (χ2n) is 4.29. The highest BCUT2D eigenvalue weighted by Gasteiger charge is 2.09. The fourth-order valence-corrected chi connectivity index (χ4v) is 1.57. The van der Waals surface area contributed by atoms with Crippen molar-refractivity contribution in [2.45, 2.75) is 32.4 Å². The Morgan fingerprint density at radius 2 is 1.94 bits per heavy atom. The monoisotopic (exact) mass is 262 g/mol. The van der Waals surface area contributed by atoms with Gasteiger partial charge in [-0.15, -0.1) is 11.8 Å². The molecule has 0 aliphatic heterocycles. The Bertz CT molecular complexity index is 247. The summed E-state index contributed by atoms with van der Waals surface area (Å²) in [4.78, 5) is 22.5. The Morgan fingerprint density at radius 1 is 1.29 bits per heavy atom. The number of rotatable bonds is 7. The van der Waals surface area contributed by atoms with E-state index in [0.29, 0.717) is 12.5 Å². The standard InChI is InChI=1S/C11H22N2O3S/c1-8(2)4-5-12-11(16)13-10(15)7-17-9(3)6-14/h8-9,14H,4-7H2,1-3H3,(H2,12,13,15,16). The number of carbonyl (C=O) groups excluding carboxylic acids is 2. The molecule has 0 aliphatic rings. The van der Waals surface area contributed by atoms with Crippen LogP contribution in [0.3, 0.4) is 0 Å². The molecule has 1 atom stereocenters. The number of thioether (sulfide) groups is 1. The highest BCUT2D eigenvalue weighted by Crippen LogP contribution is 2.08. The number of imide groups is 1. The number of carbonyl (C=O) groups is 2. The van der Waals surface area contributed by atoms with Crippen molar-refractivity contribution >= 4 is 23.7 Å². The minimum absolute atomic E-state index is 0.00440. The van der Waals surface area contributed by atoms with Gasteiger partial charge in [0, 0.05) is 11.8 Å². The maximum atomic E-state index is 11.3. The van der Waals surface area contributed by atoms with Crippen molar-refractivity contribution in [2.75, 3.05) is 18.9 Å². The lowest BCUT2D eigenvalue weighted by Crippen LogP contribution is -2.41. The molecule has 0 aromatic rings. The molecule has 0 heterocycles. The zero-order valence-corrected chi connectivity index (χ0v) is 11.5. The summed E-state index contributed by atoms with van der Waals surface area (Å²) in [6.45, 7) is 6.55. The fourth-order valence-electron chi connectivity index (χ4n) is 0.952. The number of hydrogen-bond acceptors (Lipinski definition) is 4. The van der Waals surface area contributed by atoms with Gasteiger partial charge in [0.15, 0.2) is 0 Å². The van der Waals surface area contributed by atoms with Gasteiger partial charge in [-0.1, -0.05) is 20.8 Å². The normalized spacial score (nSPS) is 12.3. The number of nitrogens with one attached hydrogen (secondary N) is 2. The zero-order valence-electron chi connectivity index (χ0n) is 10.7. The minimum atomic E-state index is -0.451. The molecule has 0 bridgehead atoms. The Labute approximate surface area is 107 Å². The Balaban J connectivity index is 3.62. The summed E-state index contributed by atoms with van der Waals surface area (Å²) in [7, 11) is 0. The molecule has 0 spiro atoms. The van der Waals surface area contributed by atoms with Gasteiger partial charge in [0.1, 0.15) is 0 Å². The number of amides is 3. The SMILES string of the molecule is CC(C)CCNC(=O)NC(=O)CSC(C)CO. The summed E-state index contributed by atoms with van der Waals surface area (Å²) < 4.78 is 0. The van der Waals surface area contributed by atoms with E-state index in [1.54, 1.807) is 0 Å². The molecule has 0 aromatic carbocycles. The Morgan fingerprint density at radius 3 is 2.47 bits per heavy atom. The van der Waals surface area contributed by atoms with Crippen molar-refractivity contribution in [3.8, 4) is 0 Å². The van der Waals surface area contributed by atoms with Crippen LogP contribution in [-0.4, -0.2) is 41.2 Å². The first kappa shape index (κ1) is 16.2. The first-order chi connectivity index (χ1) is 7.95. The average molecular weight is 262 g/mol. The molecule has 6 heteroatoms. The van der Waals surface area contributed by atoms with E-state index in [1.165, 1.54) is 11.8 Å². The third kappa shape index (κ3) is 10.1. The zero-order chi connectivity index (χ0) is 13.3. The van der Waals surface area contributed by atoms with E-state index in [9.17, 15) is 9.59 Å². The summed E-state index contributed by atoms with van der Waals surface area (Å²) in [6.07, 6.45) is 0.887. The van der Waals surface area contributed by atoms with E-state index in [-0.39, 0.29) is 23.5 Å². The Kier molecular flexibility index (Phi) is 8.89. The van der Waals surface area contributed by atoms with E-state index in [1.807, 2.05) is 6.92 Å². The van der Waals surface area contributed by atoms with Crippen LogP contribution in [0.1, 0.15) is 27.2 Å². The lowest BCUT2D eigenvalue weighted by molar-refractivity contribution is -0.117. The van der Waals surface area contributed by atoms with Gasteiger partial charge in [-0.3, -0.25) is 10.1 Å². The predicted octanol–water partition coefficient (Wildman–Crippen LogP) is 0.972. The highest BCUT2D eigenvalue weighted by molar-refractivity contribution is 8.00. The van der Waals surface area contributed by atoms with Crippen molar-refractivity contribution in [3.63, 3.8) is 0 Å². The molecular weight excluding hydrogens is 240 g/mol. The van der Waals surface area contributed by atoms with Gasteiger partial charge in [0.25, 0.3) is 0 Å². The topological polar surface area (TPSA) is 78.4 Å². The van der Waals surface area contributed by atoms with Crippen LogP contribution in [0, 0.1) is 5.92 Å². The van der Waals surface area contributed by atoms with Crippen molar-refractivity contribution in [1.82, 2.24) is 10.6 Å². The fraction of sp³-hybridized carbons (Fsp3) is 0.818.